The molecule has 0 unspecified atom stereocenters. The van der Waals surface area contributed by atoms with Gasteiger partial charge in [0.15, 0.2) is 0 Å². The van der Waals surface area contributed by atoms with Crippen LogP contribution < -0.4 is 5.32 Å². The Balaban J connectivity index is 2.38. The number of anilines is 2. The smallest absolute Gasteiger partial charge is 0.335 e. The largest absolute Gasteiger partial charge is 0.478 e. The van der Waals surface area contributed by atoms with Gasteiger partial charge in [0, 0.05) is 4.47 Å². The SMILES string of the molecule is N#Cc1ccc(Br)cc1Nc1ccc(C(=O)O)cc1Cl. The molecular weight excluding hydrogens is 344 g/mol. The number of nitrogens with zero attached hydrogens (tertiary/aromatic N) is 1. The third kappa shape index (κ3) is 3.10. The summed E-state index contributed by atoms with van der Waals surface area (Å²) in [6.07, 6.45) is 0. The van der Waals surface area contributed by atoms with Gasteiger partial charge in [-0.15, -0.1) is 0 Å². The third-order valence-electron chi connectivity index (χ3n) is 2.59. The first-order valence-electron chi connectivity index (χ1n) is 5.51. The van der Waals surface area contributed by atoms with Crippen LogP contribution in [0.25, 0.3) is 0 Å². The van der Waals surface area contributed by atoms with Crippen molar-refractivity contribution in [2.75, 3.05) is 5.32 Å². The number of aromatic carboxylic acids is 1. The second kappa shape index (κ2) is 5.95. The molecule has 2 aromatic rings. The van der Waals surface area contributed by atoms with Crippen LogP contribution in [0.3, 0.4) is 0 Å². The molecule has 0 saturated carbocycles. The molecule has 0 aliphatic heterocycles. The van der Waals surface area contributed by atoms with Gasteiger partial charge >= 0.3 is 5.97 Å². The zero-order valence-electron chi connectivity index (χ0n) is 10.0. The lowest BCUT2D eigenvalue weighted by Gasteiger charge is -2.11. The molecule has 0 heterocycles. The standard InChI is InChI=1S/C14H8BrClN2O2/c15-10-3-1-9(7-17)13(6-10)18-12-4-2-8(14(19)20)5-11(12)16/h1-6,18H,(H,19,20). The van der Waals surface area contributed by atoms with Crippen LogP contribution >= 0.6 is 27.5 Å². The average molecular weight is 352 g/mol. The van der Waals surface area contributed by atoms with E-state index >= 15 is 0 Å². The summed E-state index contributed by atoms with van der Waals surface area (Å²) in [5.41, 5.74) is 1.69. The summed E-state index contributed by atoms with van der Waals surface area (Å²) >= 11 is 9.37. The van der Waals surface area contributed by atoms with Gasteiger partial charge in [-0.05, 0) is 36.4 Å². The van der Waals surface area contributed by atoms with Gasteiger partial charge in [-0.3, -0.25) is 0 Å². The van der Waals surface area contributed by atoms with Crippen molar-refractivity contribution >= 4 is 44.9 Å². The molecule has 0 aromatic heterocycles. The first-order chi connectivity index (χ1) is 9.51. The van der Waals surface area contributed by atoms with E-state index in [1.54, 1.807) is 24.3 Å². The van der Waals surface area contributed by atoms with E-state index < -0.39 is 5.97 Å². The normalized spacial score (nSPS) is 9.85. The van der Waals surface area contributed by atoms with Gasteiger partial charge in [0.25, 0.3) is 0 Å². The summed E-state index contributed by atoms with van der Waals surface area (Å²) in [6.45, 7) is 0. The molecule has 0 aliphatic rings. The molecular formula is C14H8BrClN2O2. The Bertz CT molecular complexity index is 726. The number of nitrogens with one attached hydrogen (secondary N) is 1. The van der Waals surface area contributed by atoms with Crippen molar-refractivity contribution in [1.29, 1.82) is 5.26 Å². The highest BCUT2D eigenvalue weighted by atomic mass is 79.9. The number of carboxylic acids is 1. The number of nitriles is 1. The van der Waals surface area contributed by atoms with Gasteiger partial charge in [-0.1, -0.05) is 27.5 Å². The molecule has 2 N–H and O–H groups in total. The van der Waals surface area contributed by atoms with Gasteiger partial charge in [-0.25, -0.2) is 4.79 Å². The highest BCUT2D eigenvalue weighted by Gasteiger charge is 2.09. The van der Waals surface area contributed by atoms with Crippen molar-refractivity contribution in [2.45, 2.75) is 0 Å². The van der Waals surface area contributed by atoms with E-state index in [1.807, 2.05) is 0 Å². The van der Waals surface area contributed by atoms with E-state index in [9.17, 15) is 4.79 Å². The topological polar surface area (TPSA) is 73.1 Å². The highest BCUT2D eigenvalue weighted by Crippen LogP contribution is 2.29. The lowest BCUT2D eigenvalue weighted by atomic mass is 10.1. The first kappa shape index (κ1) is 14.4. The van der Waals surface area contributed by atoms with Gasteiger partial charge < -0.3 is 10.4 Å². The maximum atomic E-state index is 10.8. The Labute approximate surface area is 128 Å². The summed E-state index contributed by atoms with van der Waals surface area (Å²) in [5, 5.41) is 21.2. The molecule has 0 amide bonds. The monoisotopic (exact) mass is 350 g/mol. The number of hydrogen-bond acceptors (Lipinski definition) is 3. The van der Waals surface area contributed by atoms with Crippen LogP contribution in [0.1, 0.15) is 15.9 Å². The van der Waals surface area contributed by atoms with Crippen LogP contribution in [0.5, 0.6) is 0 Å². The van der Waals surface area contributed by atoms with E-state index in [4.69, 9.17) is 22.0 Å². The van der Waals surface area contributed by atoms with E-state index in [0.717, 1.165) is 4.47 Å². The number of rotatable bonds is 3. The molecule has 100 valence electrons. The Morgan fingerprint density at radius 3 is 2.60 bits per heavy atom. The fourth-order valence-electron chi connectivity index (χ4n) is 1.61. The van der Waals surface area contributed by atoms with E-state index in [2.05, 4.69) is 27.3 Å². The molecule has 0 bridgehead atoms. The van der Waals surface area contributed by atoms with Crippen molar-refractivity contribution in [2.24, 2.45) is 0 Å². The lowest BCUT2D eigenvalue weighted by Crippen LogP contribution is -1.99. The van der Waals surface area contributed by atoms with Crippen molar-refractivity contribution in [3.05, 3.63) is 57.0 Å². The quantitative estimate of drug-likeness (QED) is 0.858. The molecule has 6 heteroatoms. The summed E-state index contributed by atoms with van der Waals surface area (Å²) in [6, 6.07) is 11.6. The maximum absolute atomic E-state index is 10.8. The molecule has 20 heavy (non-hydrogen) atoms. The Morgan fingerprint density at radius 1 is 1.25 bits per heavy atom. The second-order valence-corrected chi connectivity index (χ2v) is 5.25. The van der Waals surface area contributed by atoms with Gasteiger partial charge in [0.05, 0.1) is 27.5 Å². The van der Waals surface area contributed by atoms with Crippen LogP contribution in [-0.2, 0) is 0 Å². The van der Waals surface area contributed by atoms with E-state index in [-0.39, 0.29) is 10.6 Å². The van der Waals surface area contributed by atoms with Gasteiger partial charge in [0.1, 0.15) is 6.07 Å². The van der Waals surface area contributed by atoms with Crippen molar-refractivity contribution in [3.8, 4) is 6.07 Å². The zero-order chi connectivity index (χ0) is 14.7. The summed E-state index contributed by atoms with van der Waals surface area (Å²) in [7, 11) is 0. The van der Waals surface area contributed by atoms with Crippen molar-refractivity contribution < 1.29 is 9.90 Å². The molecule has 0 radical (unpaired) electrons. The van der Waals surface area contributed by atoms with Gasteiger partial charge in [0.2, 0.25) is 0 Å². The molecule has 0 atom stereocenters. The minimum Gasteiger partial charge on any atom is -0.478 e. The Hall–Kier alpha value is -2.03. The number of benzene rings is 2. The summed E-state index contributed by atoms with van der Waals surface area (Å²) < 4.78 is 0.817. The van der Waals surface area contributed by atoms with E-state index in [1.165, 1.54) is 12.1 Å². The summed E-state index contributed by atoms with van der Waals surface area (Å²) in [4.78, 5) is 10.8. The summed E-state index contributed by atoms with van der Waals surface area (Å²) in [5.74, 6) is -1.04. The van der Waals surface area contributed by atoms with Crippen LogP contribution in [0.2, 0.25) is 5.02 Å². The fourth-order valence-corrected chi connectivity index (χ4v) is 2.20. The predicted octanol–water partition coefficient (Wildman–Crippen LogP) is 4.42. The third-order valence-corrected chi connectivity index (χ3v) is 3.39. The van der Waals surface area contributed by atoms with Crippen LogP contribution in [0.4, 0.5) is 11.4 Å². The number of hydrogen-bond donors (Lipinski definition) is 2. The highest BCUT2D eigenvalue weighted by molar-refractivity contribution is 9.10. The van der Waals surface area contributed by atoms with Crippen LogP contribution in [-0.4, -0.2) is 11.1 Å². The second-order valence-electron chi connectivity index (χ2n) is 3.93. The average Bonchev–Trinajstić information content (AvgIpc) is 2.41. The molecule has 0 saturated heterocycles. The molecule has 2 aromatic carbocycles. The van der Waals surface area contributed by atoms with Crippen molar-refractivity contribution in [3.63, 3.8) is 0 Å². The van der Waals surface area contributed by atoms with Crippen LogP contribution in [0, 0.1) is 11.3 Å². The Kier molecular flexibility index (Phi) is 4.28. The van der Waals surface area contributed by atoms with Crippen molar-refractivity contribution in [1.82, 2.24) is 0 Å². The number of halogens is 2. The van der Waals surface area contributed by atoms with Gasteiger partial charge in [-0.2, -0.15) is 5.26 Å². The van der Waals surface area contributed by atoms with E-state index in [0.29, 0.717) is 16.9 Å². The number of carboxylic acid groups (broad SMARTS) is 1. The maximum Gasteiger partial charge on any atom is 0.335 e. The fraction of sp³-hybridized carbons (Fsp3) is 0. The minimum atomic E-state index is -1.04. The minimum absolute atomic E-state index is 0.107. The molecule has 0 fully saturated rings. The molecule has 0 aliphatic carbocycles. The first-order valence-corrected chi connectivity index (χ1v) is 6.68. The van der Waals surface area contributed by atoms with Crippen LogP contribution in [0.15, 0.2) is 40.9 Å². The predicted molar refractivity (Wildman–Crippen MR) is 80.6 cm³/mol. The zero-order valence-corrected chi connectivity index (χ0v) is 12.4. The molecule has 2 rings (SSSR count). The number of carbonyl (C=O) groups is 1. The molecule has 4 nitrogen and oxygen atoms in total. The molecule has 0 spiro atoms. The Morgan fingerprint density at radius 2 is 2.00 bits per heavy atom. The lowest BCUT2D eigenvalue weighted by molar-refractivity contribution is 0.0697.